The molecule has 13 rings (SSSR count). The molecule has 0 spiro atoms. The lowest BCUT2D eigenvalue weighted by Crippen LogP contribution is -2.10. The molecule has 1 atom stereocenters. The summed E-state index contributed by atoms with van der Waals surface area (Å²) in [6.45, 7) is 8.47. The summed E-state index contributed by atoms with van der Waals surface area (Å²) in [6.07, 6.45) is 18.3. The predicted octanol–water partition coefficient (Wildman–Crippen LogP) is 21.4. The number of benzene rings is 12. The van der Waals surface area contributed by atoms with Gasteiger partial charge in [0.2, 0.25) is 0 Å². The maximum atomic E-state index is 6.98. The molecule has 0 amide bonds. The molecule has 0 aromatic heterocycles. The lowest BCUT2D eigenvalue weighted by Gasteiger charge is -2.26. The average Bonchev–Trinajstić information content (AvgIpc) is 3.59. The van der Waals surface area contributed by atoms with Gasteiger partial charge in [-0.1, -0.05) is 243 Å². The standard InChI is InChI=1S/C74H54ClN/c1-4-5-22-54(50-23-8-6-9-24-50)47-76(70-38-21-36-65-66-45-48(2)56-28-14-16-31-61(56)73(66)63-33-18-19-34-64(63)74(65)70)55-42-39-52(40-43-55)59-44-41-51-25-12-13-29-58(51)72(59)68-46-67(57-35-20-37-69(75)49(57)3)71(53-26-10-7-11-27-53)62-32-17-15-30-60(62)68/h4-26,28-47,53H,1,27H2,2-3H3/b22-5-,54-47+. The Bertz CT molecular complexity index is 4420. The van der Waals surface area contributed by atoms with Crippen LogP contribution in [-0.4, -0.2) is 0 Å². The molecule has 12 aromatic rings. The Morgan fingerprint density at radius 3 is 1.92 bits per heavy atom. The first-order valence-electron chi connectivity index (χ1n) is 26.3. The first-order chi connectivity index (χ1) is 37.4. The van der Waals surface area contributed by atoms with Crippen molar-refractivity contribution >= 4 is 93.2 Å². The van der Waals surface area contributed by atoms with Crippen molar-refractivity contribution in [3.05, 3.63) is 295 Å². The van der Waals surface area contributed by atoms with Gasteiger partial charge in [0.1, 0.15) is 0 Å². The van der Waals surface area contributed by atoms with E-state index < -0.39 is 0 Å². The Morgan fingerprint density at radius 2 is 1.17 bits per heavy atom. The molecule has 12 aromatic carbocycles. The minimum atomic E-state index is 0.214. The number of nitrogens with zero attached hydrogens (tertiary/aromatic N) is 1. The van der Waals surface area contributed by atoms with Gasteiger partial charge in [-0.2, -0.15) is 0 Å². The lowest BCUT2D eigenvalue weighted by atomic mass is 9.78. The summed E-state index contributed by atoms with van der Waals surface area (Å²) in [5.74, 6) is 0.214. The van der Waals surface area contributed by atoms with Crippen LogP contribution in [0.4, 0.5) is 11.4 Å². The lowest BCUT2D eigenvalue weighted by molar-refractivity contribution is 0.864. The van der Waals surface area contributed by atoms with Crippen LogP contribution in [-0.2, 0) is 0 Å². The smallest absolute Gasteiger partial charge is 0.0540 e. The quantitative estimate of drug-likeness (QED) is 0.0975. The van der Waals surface area contributed by atoms with Gasteiger partial charge in [0.05, 0.1) is 5.69 Å². The minimum absolute atomic E-state index is 0.214. The molecule has 0 fully saturated rings. The highest BCUT2D eigenvalue weighted by atomic mass is 35.5. The summed E-state index contributed by atoms with van der Waals surface area (Å²) >= 11 is 6.98. The van der Waals surface area contributed by atoms with E-state index >= 15 is 0 Å². The zero-order chi connectivity index (χ0) is 51.3. The van der Waals surface area contributed by atoms with Crippen molar-refractivity contribution < 1.29 is 0 Å². The topological polar surface area (TPSA) is 3.24 Å². The second-order valence-electron chi connectivity index (χ2n) is 20.1. The van der Waals surface area contributed by atoms with Crippen LogP contribution in [0.3, 0.4) is 0 Å². The highest BCUT2D eigenvalue weighted by Crippen LogP contribution is 2.50. The van der Waals surface area contributed by atoms with Crippen LogP contribution in [0.5, 0.6) is 0 Å². The van der Waals surface area contributed by atoms with Gasteiger partial charge in [-0.3, -0.25) is 0 Å². The summed E-state index contributed by atoms with van der Waals surface area (Å²) in [4.78, 5) is 2.40. The van der Waals surface area contributed by atoms with E-state index in [4.69, 9.17) is 11.6 Å². The number of rotatable bonds is 10. The molecule has 0 aliphatic heterocycles. The highest BCUT2D eigenvalue weighted by Gasteiger charge is 2.25. The number of fused-ring (bicyclic) bond motifs is 10. The Balaban J connectivity index is 1.05. The van der Waals surface area contributed by atoms with Gasteiger partial charge < -0.3 is 4.90 Å². The molecule has 0 N–H and O–H groups in total. The Kier molecular flexibility index (Phi) is 12.1. The van der Waals surface area contributed by atoms with Crippen LogP contribution in [0.15, 0.2) is 268 Å². The van der Waals surface area contributed by atoms with Crippen molar-refractivity contribution in [2.24, 2.45) is 0 Å². The second kappa shape index (κ2) is 19.7. The van der Waals surface area contributed by atoms with E-state index in [-0.39, 0.29) is 5.92 Å². The normalized spacial score (nSPS) is 13.8. The van der Waals surface area contributed by atoms with Gasteiger partial charge in [-0.05, 0) is 171 Å². The van der Waals surface area contributed by atoms with Gasteiger partial charge in [-0.25, -0.2) is 0 Å². The van der Waals surface area contributed by atoms with Crippen LogP contribution in [0.2, 0.25) is 5.02 Å². The van der Waals surface area contributed by atoms with E-state index in [2.05, 4.69) is 268 Å². The first kappa shape index (κ1) is 46.8. The number of anilines is 2. The third kappa shape index (κ3) is 8.03. The van der Waals surface area contributed by atoms with E-state index in [1.807, 2.05) is 18.2 Å². The van der Waals surface area contributed by atoms with Gasteiger partial charge in [0.15, 0.2) is 0 Å². The fraction of sp³-hybridized carbons (Fsp3) is 0.0541. The Labute approximate surface area is 450 Å². The molecule has 1 unspecified atom stereocenters. The number of allylic oxidation sites excluding steroid dienone is 8. The fourth-order valence-electron chi connectivity index (χ4n) is 12.2. The molecule has 1 aliphatic carbocycles. The largest absolute Gasteiger partial charge is 0.316 e. The van der Waals surface area contributed by atoms with E-state index in [9.17, 15) is 0 Å². The minimum Gasteiger partial charge on any atom is -0.316 e. The second-order valence-corrected chi connectivity index (χ2v) is 20.5. The van der Waals surface area contributed by atoms with E-state index in [0.717, 1.165) is 50.6 Å². The van der Waals surface area contributed by atoms with E-state index in [1.54, 1.807) is 0 Å². The van der Waals surface area contributed by atoms with E-state index in [0.29, 0.717) is 0 Å². The van der Waals surface area contributed by atoms with Crippen molar-refractivity contribution in [1.29, 1.82) is 0 Å². The van der Waals surface area contributed by atoms with Crippen LogP contribution >= 0.6 is 11.6 Å². The molecule has 1 nitrogen and oxygen atoms in total. The van der Waals surface area contributed by atoms with Crippen molar-refractivity contribution in [3.63, 3.8) is 0 Å². The zero-order valence-electron chi connectivity index (χ0n) is 42.6. The molecular formula is C74H54ClN. The molecule has 0 heterocycles. The van der Waals surface area contributed by atoms with Crippen molar-refractivity contribution in [2.45, 2.75) is 26.2 Å². The van der Waals surface area contributed by atoms with E-state index in [1.165, 1.54) is 98.0 Å². The Morgan fingerprint density at radius 1 is 0.526 bits per heavy atom. The summed E-state index contributed by atoms with van der Waals surface area (Å²) in [5, 5.41) is 15.7. The van der Waals surface area contributed by atoms with Crippen molar-refractivity contribution in [1.82, 2.24) is 0 Å². The SMILES string of the molecule is C=C/C=C\C(=C/N(c1ccc(-c2ccc3ccccc3c2-c2cc(-c3cccc(Cl)c3C)c(C3C=CC=CC3)c3ccccc23)cc1)c1cccc2c3cc(C)c4ccccc4c3c3ccccc3c12)c1ccccc1. The fourth-order valence-corrected chi connectivity index (χ4v) is 12.4. The van der Waals surface area contributed by atoms with Crippen LogP contribution in [0.25, 0.3) is 104 Å². The first-order valence-corrected chi connectivity index (χ1v) is 26.7. The van der Waals surface area contributed by atoms with Gasteiger partial charge in [0.25, 0.3) is 0 Å². The summed E-state index contributed by atoms with van der Waals surface area (Å²) in [7, 11) is 0. The van der Waals surface area contributed by atoms with Gasteiger partial charge >= 0.3 is 0 Å². The zero-order valence-corrected chi connectivity index (χ0v) is 43.4. The van der Waals surface area contributed by atoms with Crippen LogP contribution in [0, 0.1) is 13.8 Å². The van der Waals surface area contributed by atoms with Crippen LogP contribution < -0.4 is 4.90 Å². The number of hydrogen-bond donors (Lipinski definition) is 0. The molecule has 0 saturated heterocycles. The number of aryl methyl sites for hydroxylation is 1. The summed E-state index contributed by atoms with van der Waals surface area (Å²) in [6, 6.07) is 78.2. The Hall–Kier alpha value is -9.01. The maximum Gasteiger partial charge on any atom is 0.0540 e. The predicted molar refractivity (Wildman–Crippen MR) is 330 cm³/mol. The monoisotopic (exact) mass is 991 g/mol. The van der Waals surface area contributed by atoms with Gasteiger partial charge in [-0.15, -0.1) is 0 Å². The molecule has 0 radical (unpaired) electrons. The number of halogens is 1. The molecule has 0 saturated carbocycles. The third-order valence-electron chi connectivity index (χ3n) is 15.7. The third-order valence-corrected chi connectivity index (χ3v) is 16.2. The molecule has 362 valence electrons. The molecule has 1 aliphatic rings. The maximum absolute atomic E-state index is 6.98. The summed E-state index contributed by atoms with van der Waals surface area (Å²) in [5.41, 5.74) is 15.1. The molecule has 76 heavy (non-hydrogen) atoms. The average molecular weight is 993 g/mol. The summed E-state index contributed by atoms with van der Waals surface area (Å²) < 4.78 is 0. The highest BCUT2D eigenvalue weighted by molar-refractivity contribution is 6.34. The van der Waals surface area contributed by atoms with Crippen LogP contribution in [0.1, 0.15) is 34.6 Å². The van der Waals surface area contributed by atoms with Gasteiger partial charge in [0, 0.05) is 28.2 Å². The molecule has 2 heteroatoms. The van der Waals surface area contributed by atoms with Crippen molar-refractivity contribution in [3.8, 4) is 33.4 Å². The molecule has 0 bridgehead atoms. The molecular weight excluding hydrogens is 938 g/mol. The van der Waals surface area contributed by atoms with Crippen molar-refractivity contribution in [2.75, 3.05) is 4.90 Å². The number of hydrogen-bond acceptors (Lipinski definition) is 1.